The lowest BCUT2D eigenvalue weighted by Gasteiger charge is -2.03. The highest BCUT2D eigenvalue weighted by Gasteiger charge is 1.97. The summed E-state index contributed by atoms with van der Waals surface area (Å²) in [4.78, 5) is 15.7. The third-order valence-corrected chi connectivity index (χ3v) is 3.26. The molecule has 1 N–H and O–H groups in total. The average Bonchev–Trinajstić information content (AvgIpc) is 2.56. The van der Waals surface area contributed by atoms with Crippen LogP contribution in [0.2, 0.25) is 0 Å². The van der Waals surface area contributed by atoms with Gasteiger partial charge in [0.1, 0.15) is 0 Å². The minimum Gasteiger partial charge on any atom is -0.336 e. The minimum absolute atomic E-state index is 0.309. The average molecular weight is 298 g/mol. The second-order valence-corrected chi connectivity index (χ2v) is 5.07. The van der Waals surface area contributed by atoms with E-state index in [1.165, 1.54) is 12.8 Å². The van der Waals surface area contributed by atoms with Gasteiger partial charge in [0.25, 0.3) is 0 Å². The van der Waals surface area contributed by atoms with Gasteiger partial charge in [-0.2, -0.15) is 10.1 Å². The van der Waals surface area contributed by atoms with E-state index in [2.05, 4.69) is 22.3 Å². The summed E-state index contributed by atoms with van der Waals surface area (Å²) in [5.41, 5.74) is 0.967. The van der Waals surface area contributed by atoms with Crippen molar-refractivity contribution in [2.45, 2.75) is 32.6 Å². The van der Waals surface area contributed by atoms with E-state index >= 15 is 0 Å². The highest BCUT2D eigenvalue weighted by Crippen LogP contribution is 2.02. The van der Waals surface area contributed by atoms with E-state index in [9.17, 15) is 4.79 Å². The molecular weight excluding hydrogens is 276 g/mol. The van der Waals surface area contributed by atoms with E-state index in [4.69, 9.17) is 0 Å². The number of carbonyl (C=O) groups is 1. The quantitative estimate of drug-likeness (QED) is 0.833. The number of nitrogens with zero attached hydrogens (tertiary/aromatic N) is 3. The number of urea groups is 1. The molecule has 22 heavy (non-hydrogen) atoms. The maximum absolute atomic E-state index is 11.7. The molecule has 0 bridgehead atoms. The molecular formula is C17H22N4O. The van der Waals surface area contributed by atoms with Crippen LogP contribution in [0.3, 0.4) is 0 Å². The van der Waals surface area contributed by atoms with Crippen molar-refractivity contribution in [1.82, 2.24) is 15.1 Å². The summed E-state index contributed by atoms with van der Waals surface area (Å²) in [5.74, 6) is 0. The lowest BCUT2D eigenvalue weighted by atomic mass is 10.2. The molecule has 5 nitrogen and oxygen atoms in total. The van der Waals surface area contributed by atoms with Gasteiger partial charge in [-0.3, -0.25) is 0 Å². The van der Waals surface area contributed by atoms with Crippen LogP contribution in [0.5, 0.6) is 0 Å². The number of amides is 2. The zero-order valence-electron chi connectivity index (χ0n) is 12.9. The molecule has 0 atom stereocenters. The molecule has 0 saturated heterocycles. The number of aromatic nitrogens is 2. The third-order valence-electron chi connectivity index (χ3n) is 3.26. The Hall–Kier alpha value is -2.43. The number of nitrogens with one attached hydrogen (secondary N) is 1. The Labute approximate surface area is 130 Å². The van der Waals surface area contributed by atoms with Gasteiger partial charge in [0.2, 0.25) is 0 Å². The molecule has 116 valence electrons. The summed E-state index contributed by atoms with van der Waals surface area (Å²) in [6.07, 6.45) is 7.91. The number of hydrogen-bond acceptors (Lipinski definition) is 2. The molecule has 0 fully saturated rings. The van der Waals surface area contributed by atoms with Crippen molar-refractivity contribution < 1.29 is 4.79 Å². The second-order valence-electron chi connectivity index (χ2n) is 5.07. The van der Waals surface area contributed by atoms with Crippen LogP contribution in [0, 0.1) is 0 Å². The molecule has 0 radical (unpaired) electrons. The van der Waals surface area contributed by atoms with Gasteiger partial charge in [-0.1, -0.05) is 44.4 Å². The number of rotatable bonds is 6. The molecule has 2 aromatic rings. The number of unbranched alkanes of at least 4 members (excludes halogenated alkanes) is 3. The standard InChI is InChI=1S/C17H22N4O/c1-2-3-4-8-12-18-17(22)20-15-11-13-21(19-14-15)16-9-6-5-7-10-16/h5-7,9-11,13-14H,2-4,8,12H2,1H3,(H,18,22)/b20-15-. The van der Waals surface area contributed by atoms with Gasteiger partial charge in [-0.15, -0.1) is 0 Å². The first-order valence-electron chi connectivity index (χ1n) is 7.72. The van der Waals surface area contributed by atoms with Crippen LogP contribution in [0.25, 0.3) is 5.69 Å². The Bertz CT molecular complexity index is 629. The van der Waals surface area contributed by atoms with Crippen LogP contribution < -0.4 is 10.7 Å². The number of hydrogen-bond donors (Lipinski definition) is 1. The molecule has 0 spiro atoms. The van der Waals surface area contributed by atoms with E-state index in [-0.39, 0.29) is 6.03 Å². The smallest absolute Gasteiger partial charge is 0.336 e. The maximum Gasteiger partial charge on any atom is 0.341 e. The normalized spacial score (nSPS) is 11.4. The fourth-order valence-electron chi connectivity index (χ4n) is 2.05. The number of carbonyl (C=O) groups excluding carboxylic acids is 1. The summed E-state index contributed by atoms with van der Waals surface area (Å²) in [6, 6.07) is 11.3. The highest BCUT2D eigenvalue weighted by atomic mass is 16.2. The van der Waals surface area contributed by atoms with Crippen LogP contribution in [0.15, 0.2) is 53.8 Å². The van der Waals surface area contributed by atoms with Gasteiger partial charge in [-0.05, 0) is 24.6 Å². The molecule has 0 saturated carbocycles. The molecule has 1 aromatic carbocycles. The van der Waals surface area contributed by atoms with Crippen molar-refractivity contribution in [3.8, 4) is 5.69 Å². The molecule has 5 heteroatoms. The molecule has 0 aliphatic carbocycles. The zero-order chi connectivity index (χ0) is 15.6. The Morgan fingerprint density at radius 3 is 2.68 bits per heavy atom. The van der Waals surface area contributed by atoms with Crippen molar-refractivity contribution in [1.29, 1.82) is 0 Å². The zero-order valence-corrected chi connectivity index (χ0v) is 12.9. The van der Waals surface area contributed by atoms with Crippen LogP contribution in [0.4, 0.5) is 4.79 Å². The lowest BCUT2D eigenvalue weighted by molar-refractivity contribution is 0.248. The fourth-order valence-corrected chi connectivity index (χ4v) is 2.05. The fraction of sp³-hybridized carbons (Fsp3) is 0.353. The van der Waals surface area contributed by atoms with Crippen molar-refractivity contribution in [3.63, 3.8) is 0 Å². The Morgan fingerprint density at radius 1 is 1.18 bits per heavy atom. The van der Waals surface area contributed by atoms with Crippen LogP contribution in [0.1, 0.15) is 32.6 Å². The molecule has 1 heterocycles. The van der Waals surface area contributed by atoms with Gasteiger partial charge < -0.3 is 5.32 Å². The summed E-state index contributed by atoms with van der Waals surface area (Å²) >= 11 is 0. The summed E-state index contributed by atoms with van der Waals surface area (Å²) in [7, 11) is 0. The van der Waals surface area contributed by atoms with Gasteiger partial charge in [-0.25, -0.2) is 9.48 Å². The number of benzene rings is 1. The first-order chi connectivity index (χ1) is 10.8. The van der Waals surface area contributed by atoms with Gasteiger partial charge in [0, 0.05) is 12.7 Å². The van der Waals surface area contributed by atoms with E-state index in [0.29, 0.717) is 11.9 Å². The molecule has 1 aromatic heterocycles. The highest BCUT2D eigenvalue weighted by molar-refractivity contribution is 5.74. The molecule has 2 amide bonds. The minimum atomic E-state index is -0.309. The van der Waals surface area contributed by atoms with Crippen molar-refractivity contribution in [2.24, 2.45) is 4.99 Å². The monoisotopic (exact) mass is 298 g/mol. The Morgan fingerprint density at radius 2 is 2.00 bits per heavy atom. The van der Waals surface area contributed by atoms with E-state index in [0.717, 1.165) is 18.5 Å². The van der Waals surface area contributed by atoms with Gasteiger partial charge in [0.05, 0.1) is 17.2 Å². The first kappa shape index (κ1) is 15.9. The van der Waals surface area contributed by atoms with Crippen LogP contribution >= 0.6 is 0 Å². The first-order valence-corrected chi connectivity index (χ1v) is 7.72. The van der Waals surface area contributed by atoms with Crippen LogP contribution in [-0.4, -0.2) is 22.4 Å². The van der Waals surface area contributed by atoms with Crippen LogP contribution in [-0.2, 0) is 0 Å². The number of para-hydroxylation sites is 1. The second kappa shape index (κ2) is 8.77. The maximum atomic E-state index is 11.7. The van der Waals surface area contributed by atoms with E-state index < -0.39 is 0 Å². The largest absolute Gasteiger partial charge is 0.341 e. The SMILES string of the molecule is CCCCCCNC(=O)/N=c1/ccn(-c2ccccc2)nc1. The van der Waals surface area contributed by atoms with E-state index in [1.54, 1.807) is 23.1 Å². The van der Waals surface area contributed by atoms with Crippen molar-refractivity contribution >= 4 is 6.03 Å². The Balaban J connectivity index is 1.91. The Kier molecular flexibility index (Phi) is 6.36. The third kappa shape index (κ3) is 5.16. The summed E-state index contributed by atoms with van der Waals surface area (Å²) in [5, 5.41) is 7.62. The molecule has 0 aliphatic heterocycles. The van der Waals surface area contributed by atoms with Crippen molar-refractivity contribution in [2.75, 3.05) is 6.54 Å². The predicted molar refractivity (Wildman–Crippen MR) is 86.7 cm³/mol. The van der Waals surface area contributed by atoms with Gasteiger partial charge >= 0.3 is 6.03 Å². The molecule has 0 unspecified atom stereocenters. The summed E-state index contributed by atoms with van der Waals surface area (Å²) in [6.45, 7) is 2.84. The van der Waals surface area contributed by atoms with Crippen molar-refractivity contribution in [3.05, 3.63) is 54.1 Å². The molecule has 2 rings (SSSR count). The van der Waals surface area contributed by atoms with Gasteiger partial charge in [0.15, 0.2) is 0 Å². The summed E-state index contributed by atoms with van der Waals surface area (Å²) < 4.78 is 1.74. The lowest BCUT2D eigenvalue weighted by Crippen LogP contribution is -2.23. The van der Waals surface area contributed by atoms with E-state index in [1.807, 2.05) is 30.3 Å². The topological polar surface area (TPSA) is 59.3 Å². The predicted octanol–water partition coefficient (Wildman–Crippen LogP) is 3.06. The molecule has 0 aliphatic rings.